The van der Waals surface area contributed by atoms with Gasteiger partial charge in [0.2, 0.25) is 5.95 Å². The first kappa shape index (κ1) is 22.1. The molecule has 0 aliphatic heterocycles. The zero-order valence-electron chi connectivity index (χ0n) is 19.4. The van der Waals surface area contributed by atoms with Gasteiger partial charge < -0.3 is 5.32 Å². The summed E-state index contributed by atoms with van der Waals surface area (Å²) in [5, 5.41) is 12.2. The molecule has 0 saturated heterocycles. The average molecular weight is 495 g/mol. The standard InChI is InChI=1S/C29H26N4S2/c1-2-8-22(9-3-1)30-29-32-27(25-12-6-4-10-23(25)20-14-16-34-18-20)31-28(33-29)26-13-7-5-11-24(26)21-15-17-35-19-21/h4-7,10-19,22H,1-3,8-9H2,(H,30,31,32,33). The molecule has 4 nitrogen and oxygen atoms in total. The number of rotatable bonds is 6. The molecule has 1 fully saturated rings. The zero-order chi connectivity index (χ0) is 23.5. The summed E-state index contributed by atoms with van der Waals surface area (Å²) in [6.45, 7) is 0. The van der Waals surface area contributed by atoms with Crippen molar-refractivity contribution in [2.45, 2.75) is 38.1 Å². The van der Waals surface area contributed by atoms with Gasteiger partial charge in [-0.15, -0.1) is 0 Å². The molecule has 6 rings (SSSR count). The maximum Gasteiger partial charge on any atom is 0.227 e. The fraction of sp³-hybridized carbons (Fsp3) is 0.207. The van der Waals surface area contributed by atoms with Crippen LogP contribution >= 0.6 is 22.7 Å². The summed E-state index contributed by atoms with van der Waals surface area (Å²) in [6, 6.07) is 21.5. The molecular formula is C29H26N4S2. The van der Waals surface area contributed by atoms with Gasteiger partial charge in [-0.3, -0.25) is 0 Å². The second kappa shape index (κ2) is 10.1. The summed E-state index contributed by atoms with van der Waals surface area (Å²) in [6.07, 6.45) is 6.14. The maximum atomic E-state index is 5.05. The van der Waals surface area contributed by atoms with Crippen molar-refractivity contribution in [3.63, 3.8) is 0 Å². The van der Waals surface area contributed by atoms with E-state index in [4.69, 9.17) is 15.0 Å². The maximum absolute atomic E-state index is 5.05. The smallest absolute Gasteiger partial charge is 0.227 e. The van der Waals surface area contributed by atoms with Crippen molar-refractivity contribution in [1.82, 2.24) is 15.0 Å². The van der Waals surface area contributed by atoms with Crippen LogP contribution in [0, 0.1) is 0 Å². The highest BCUT2D eigenvalue weighted by Crippen LogP contribution is 2.35. The first-order chi connectivity index (χ1) is 17.3. The van der Waals surface area contributed by atoms with Crippen molar-refractivity contribution >= 4 is 28.6 Å². The van der Waals surface area contributed by atoms with Crippen molar-refractivity contribution in [1.29, 1.82) is 0 Å². The summed E-state index contributed by atoms with van der Waals surface area (Å²) in [5.41, 5.74) is 6.70. The Morgan fingerprint density at radius 3 is 1.60 bits per heavy atom. The first-order valence-corrected chi connectivity index (χ1v) is 14.0. The van der Waals surface area contributed by atoms with Gasteiger partial charge in [-0.25, -0.2) is 4.98 Å². The highest BCUT2D eigenvalue weighted by molar-refractivity contribution is 7.08. The molecular weight excluding hydrogens is 468 g/mol. The average Bonchev–Trinajstić information content (AvgIpc) is 3.64. The predicted octanol–water partition coefficient (Wildman–Crippen LogP) is 8.41. The Balaban J connectivity index is 1.50. The Labute approximate surface area is 213 Å². The molecule has 0 atom stereocenters. The van der Waals surface area contributed by atoms with E-state index in [1.54, 1.807) is 22.7 Å². The number of nitrogens with one attached hydrogen (secondary N) is 1. The van der Waals surface area contributed by atoms with Crippen molar-refractivity contribution in [3.05, 3.63) is 82.2 Å². The highest BCUT2D eigenvalue weighted by Gasteiger charge is 2.19. The van der Waals surface area contributed by atoms with Gasteiger partial charge in [-0.1, -0.05) is 67.8 Å². The lowest BCUT2D eigenvalue weighted by Crippen LogP contribution is -2.24. The number of hydrogen-bond acceptors (Lipinski definition) is 6. The van der Waals surface area contributed by atoms with Crippen LogP contribution in [0.15, 0.2) is 82.2 Å². The van der Waals surface area contributed by atoms with E-state index in [-0.39, 0.29) is 0 Å². The van der Waals surface area contributed by atoms with E-state index in [1.807, 2.05) is 0 Å². The first-order valence-electron chi connectivity index (χ1n) is 12.1. The van der Waals surface area contributed by atoms with Gasteiger partial charge in [-0.05, 0) is 68.7 Å². The lowest BCUT2D eigenvalue weighted by molar-refractivity contribution is 0.461. The summed E-state index contributed by atoms with van der Waals surface area (Å²) < 4.78 is 0. The Morgan fingerprint density at radius 2 is 1.11 bits per heavy atom. The predicted molar refractivity (Wildman–Crippen MR) is 148 cm³/mol. The van der Waals surface area contributed by atoms with Crippen molar-refractivity contribution < 1.29 is 0 Å². The molecule has 6 heteroatoms. The van der Waals surface area contributed by atoms with Gasteiger partial charge in [-0.2, -0.15) is 32.6 Å². The van der Waals surface area contributed by atoms with Crippen LogP contribution < -0.4 is 5.32 Å². The molecule has 3 heterocycles. The van der Waals surface area contributed by atoms with Gasteiger partial charge in [0.15, 0.2) is 11.6 Å². The number of hydrogen-bond donors (Lipinski definition) is 1. The third-order valence-electron chi connectivity index (χ3n) is 6.57. The summed E-state index contributed by atoms with van der Waals surface area (Å²) in [4.78, 5) is 15.0. The molecule has 35 heavy (non-hydrogen) atoms. The molecule has 1 aliphatic carbocycles. The lowest BCUT2D eigenvalue weighted by atomic mass is 9.96. The number of thiophene rings is 2. The van der Waals surface area contributed by atoms with Crippen LogP contribution in [-0.4, -0.2) is 21.0 Å². The minimum Gasteiger partial charge on any atom is -0.351 e. The number of benzene rings is 2. The summed E-state index contributed by atoms with van der Waals surface area (Å²) in [7, 11) is 0. The van der Waals surface area contributed by atoms with E-state index >= 15 is 0 Å². The van der Waals surface area contributed by atoms with Gasteiger partial charge in [0.25, 0.3) is 0 Å². The van der Waals surface area contributed by atoms with Crippen LogP contribution in [-0.2, 0) is 0 Å². The van der Waals surface area contributed by atoms with E-state index in [1.165, 1.54) is 30.4 Å². The molecule has 0 amide bonds. The molecule has 1 aliphatic rings. The Hall–Kier alpha value is -3.35. The molecule has 5 aromatic rings. The topological polar surface area (TPSA) is 50.7 Å². The van der Waals surface area contributed by atoms with Gasteiger partial charge in [0.1, 0.15) is 0 Å². The molecule has 1 saturated carbocycles. The largest absolute Gasteiger partial charge is 0.351 e. The minimum atomic E-state index is 0.408. The molecule has 0 spiro atoms. The normalized spacial score (nSPS) is 14.2. The molecule has 0 bridgehead atoms. The number of anilines is 1. The SMILES string of the molecule is c1ccc(-c2nc(NC3CCCCC3)nc(-c3ccccc3-c3ccsc3)n2)c(-c2ccsc2)c1. The van der Waals surface area contributed by atoms with Crippen molar-refractivity contribution in [2.75, 3.05) is 5.32 Å². The second-order valence-corrected chi connectivity index (χ2v) is 10.5. The fourth-order valence-electron chi connectivity index (χ4n) is 4.81. The van der Waals surface area contributed by atoms with Crippen LogP contribution in [0.5, 0.6) is 0 Å². The zero-order valence-corrected chi connectivity index (χ0v) is 21.0. The molecule has 2 aromatic carbocycles. The molecule has 174 valence electrons. The molecule has 1 N–H and O–H groups in total. The molecule has 0 unspecified atom stereocenters. The van der Waals surface area contributed by atoms with E-state index in [9.17, 15) is 0 Å². The summed E-state index contributed by atoms with van der Waals surface area (Å²) >= 11 is 3.40. The van der Waals surface area contributed by atoms with Crippen LogP contribution in [0.25, 0.3) is 45.0 Å². The van der Waals surface area contributed by atoms with Gasteiger partial charge in [0.05, 0.1) is 0 Å². The van der Waals surface area contributed by atoms with Crippen LogP contribution in [0.3, 0.4) is 0 Å². The minimum absolute atomic E-state index is 0.408. The molecule has 0 radical (unpaired) electrons. The van der Waals surface area contributed by atoms with E-state index < -0.39 is 0 Å². The van der Waals surface area contributed by atoms with Crippen LogP contribution in [0.2, 0.25) is 0 Å². The fourth-order valence-corrected chi connectivity index (χ4v) is 6.12. The Morgan fingerprint density at radius 1 is 0.600 bits per heavy atom. The van der Waals surface area contributed by atoms with Gasteiger partial charge in [0, 0.05) is 17.2 Å². The quantitative estimate of drug-likeness (QED) is 0.257. The van der Waals surface area contributed by atoms with Crippen molar-refractivity contribution in [3.8, 4) is 45.0 Å². The number of aromatic nitrogens is 3. The monoisotopic (exact) mass is 494 g/mol. The third-order valence-corrected chi connectivity index (χ3v) is 7.94. The lowest BCUT2D eigenvalue weighted by Gasteiger charge is -2.23. The molecule has 3 aromatic heterocycles. The van der Waals surface area contributed by atoms with Crippen molar-refractivity contribution in [2.24, 2.45) is 0 Å². The Kier molecular flexibility index (Phi) is 6.39. The second-order valence-electron chi connectivity index (χ2n) is 8.90. The van der Waals surface area contributed by atoms with E-state index in [0.29, 0.717) is 23.6 Å². The number of nitrogens with zero attached hydrogens (tertiary/aromatic N) is 3. The third kappa shape index (κ3) is 4.77. The van der Waals surface area contributed by atoms with Crippen LogP contribution in [0.4, 0.5) is 5.95 Å². The summed E-state index contributed by atoms with van der Waals surface area (Å²) in [5.74, 6) is 2.07. The highest BCUT2D eigenvalue weighted by atomic mass is 32.1. The van der Waals surface area contributed by atoms with E-state index in [2.05, 4.69) is 87.5 Å². The van der Waals surface area contributed by atoms with E-state index in [0.717, 1.165) is 35.1 Å². The Bertz CT molecular complexity index is 1310. The van der Waals surface area contributed by atoms with Crippen LogP contribution in [0.1, 0.15) is 32.1 Å². The van der Waals surface area contributed by atoms with Gasteiger partial charge >= 0.3 is 0 Å².